The Hall–Kier alpha value is -2.15. The molecule has 1 aromatic carbocycles. The first-order valence-electron chi connectivity index (χ1n) is 8.23. The summed E-state index contributed by atoms with van der Waals surface area (Å²) in [5.41, 5.74) is 1.73. The maximum atomic E-state index is 13.4. The van der Waals surface area contributed by atoms with E-state index in [1.165, 1.54) is 23.9 Å². The van der Waals surface area contributed by atoms with Crippen molar-refractivity contribution < 1.29 is 8.78 Å². The van der Waals surface area contributed by atoms with Crippen LogP contribution in [0.3, 0.4) is 0 Å². The molecule has 130 valence electrons. The Bertz CT molecular complexity index is 940. The largest absolute Gasteiger partial charge is 0.366 e. The van der Waals surface area contributed by atoms with Crippen molar-refractivity contribution in [2.24, 2.45) is 0 Å². The highest BCUT2D eigenvalue weighted by molar-refractivity contribution is 7.98. The number of fused-ring (bicyclic) bond motifs is 1. The van der Waals surface area contributed by atoms with Crippen molar-refractivity contribution in [2.45, 2.75) is 37.0 Å². The van der Waals surface area contributed by atoms with Crippen LogP contribution in [-0.2, 0) is 6.54 Å². The smallest absolute Gasteiger partial charge is 0.191 e. The van der Waals surface area contributed by atoms with Crippen molar-refractivity contribution in [1.29, 1.82) is 0 Å². The zero-order valence-electron chi connectivity index (χ0n) is 14.0. The summed E-state index contributed by atoms with van der Waals surface area (Å²) < 4.78 is 28.6. The Balaban J connectivity index is 1.61. The molecule has 2 atom stereocenters. The van der Waals surface area contributed by atoms with Gasteiger partial charge >= 0.3 is 0 Å². The van der Waals surface area contributed by atoms with Gasteiger partial charge in [0.15, 0.2) is 16.8 Å². The van der Waals surface area contributed by atoms with E-state index in [2.05, 4.69) is 26.8 Å². The monoisotopic (exact) mass is 360 g/mol. The molecule has 4 nitrogen and oxygen atoms in total. The molecule has 2 heterocycles. The minimum atomic E-state index is -0.808. The summed E-state index contributed by atoms with van der Waals surface area (Å²) in [7, 11) is 0. The fourth-order valence-electron chi connectivity index (χ4n) is 3.14. The normalized spacial score (nSPS) is 19.4. The highest BCUT2D eigenvalue weighted by Gasteiger charge is 2.39. The van der Waals surface area contributed by atoms with Crippen LogP contribution in [0.2, 0.25) is 0 Å². The second-order valence-corrected chi connectivity index (χ2v) is 6.94. The van der Waals surface area contributed by atoms with Gasteiger partial charge in [-0.25, -0.2) is 18.7 Å². The lowest BCUT2D eigenvalue weighted by Gasteiger charge is -2.09. The second-order valence-electron chi connectivity index (χ2n) is 6.16. The summed E-state index contributed by atoms with van der Waals surface area (Å²) >= 11 is 1.50. The van der Waals surface area contributed by atoms with Gasteiger partial charge in [-0.15, -0.1) is 0 Å². The Morgan fingerprint density at radius 3 is 2.80 bits per heavy atom. The number of benzene rings is 1. The number of anilines is 1. The average molecular weight is 360 g/mol. The molecule has 0 aliphatic heterocycles. The van der Waals surface area contributed by atoms with E-state index in [9.17, 15) is 8.78 Å². The summed E-state index contributed by atoms with van der Waals surface area (Å²) in [5, 5.41) is 5.16. The third-order valence-corrected chi connectivity index (χ3v) is 5.15. The van der Waals surface area contributed by atoms with Gasteiger partial charge in [-0.1, -0.05) is 17.8 Å². The van der Waals surface area contributed by atoms with E-state index in [0.717, 1.165) is 35.4 Å². The predicted octanol–water partition coefficient (Wildman–Crippen LogP) is 4.42. The van der Waals surface area contributed by atoms with Gasteiger partial charge in [0.2, 0.25) is 0 Å². The molecule has 4 rings (SSSR count). The third-order valence-electron chi connectivity index (χ3n) is 4.61. The molecule has 3 aromatic rings. The topological polar surface area (TPSA) is 42.7 Å². The molecule has 0 radical (unpaired) electrons. The lowest BCUT2D eigenvalue weighted by molar-refractivity contribution is 0.507. The van der Waals surface area contributed by atoms with Gasteiger partial charge in [0.1, 0.15) is 11.5 Å². The molecule has 0 spiro atoms. The number of nitrogens with zero attached hydrogens (tertiary/aromatic N) is 3. The van der Waals surface area contributed by atoms with Crippen molar-refractivity contribution in [3.05, 3.63) is 47.7 Å². The maximum Gasteiger partial charge on any atom is 0.191 e. The molecule has 0 bridgehead atoms. The van der Waals surface area contributed by atoms with E-state index < -0.39 is 11.6 Å². The molecule has 1 aliphatic carbocycles. The second kappa shape index (κ2) is 6.29. The van der Waals surface area contributed by atoms with Crippen LogP contribution < -0.4 is 5.32 Å². The lowest BCUT2D eigenvalue weighted by Crippen LogP contribution is -2.08. The minimum Gasteiger partial charge on any atom is -0.366 e. The number of thioether (sulfide) groups is 1. The molecule has 1 fully saturated rings. The van der Waals surface area contributed by atoms with Gasteiger partial charge in [0.05, 0.1) is 5.39 Å². The van der Waals surface area contributed by atoms with E-state index >= 15 is 0 Å². The van der Waals surface area contributed by atoms with Gasteiger partial charge in [0.25, 0.3) is 0 Å². The highest BCUT2D eigenvalue weighted by Crippen LogP contribution is 2.43. The number of halogens is 2. The van der Waals surface area contributed by atoms with Crippen LogP contribution in [-0.4, -0.2) is 26.8 Å². The first-order valence-corrected chi connectivity index (χ1v) is 9.45. The number of hydrogen-bond donors (Lipinski definition) is 1. The van der Waals surface area contributed by atoms with Gasteiger partial charge in [-0.05, 0) is 43.4 Å². The van der Waals surface area contributed by atoms with Crippen molar-refractivity contribution in [3.8, 4) is 0 Å². The fourth-order valence-corrected chi connectivity index (χ4v) is 3.50. The zero-order valence-corrected chi connectivity index (χ0v) is 14.8. The Kier molecular flexibility index (Phi) is 4.11. The zero-order chi connectivity index (χ0) is 17.6. The third kappa shape index (κ3) is 2.97. The maximum absolute atomic E-state index is 13.4. The number of rotatable bonds is 5. The summed E-state index contributed by atoms with van der Waals surface area (Å²) in [6.45, 7) is 2.92. The number of aryl methyl sites for hydroxylation is 1. The van der Waals surface area contributed by atoms with Crippen LogP contribution in [0.1, 0.15) is 24.8 Å². The minimum absolute atomic E-state index is 0.169. The first-order chi connectivity index (χ1) is 12.1. The van der Waals surface area contributed by atoms with Crippen LogP contribution in [0.25, 0.3) is 11.0 Å². The van der Waals surface area contributed by atoms with E-state index in [0.29, 0.717) is 5.16 Å². The molecule has 0 amide bonds. The van der Waals surface area contributed by atoms with Crippen LogP contribution in [0.5, 0.6) is 0 Å². The van der Waals surface area contributed by atoms with Gasteiger partial charge in [-0.2, -0.15) is 0 Å². The molecule has 1 aliphatic rings. The van der Waals surface area contributed by atoms with Gasteiger partial charge in [-0.3, -0.25) is 0 Å². The van der Waals surface area contributed by atoms with Crippen molar-refractivity contribution in [3.63, 3.8) is 0 Å². The summed E-state index contributed by atoms with van der Waals surface area (Å²) in [6.07, 6.45) is 4.83. The van der Waals surface area contributed by atoms with Crippen LogP contribution in [0.15, 0.2) is 35.6 Å². The predicted molar refractivity (Wildman–Crippen MR) is 96.1 cm³/mol. The number of nitrogens with one attached hydrogen (secondary N) is 1. The standard InChI is InChI=1S/C18H18F2N4S/c1-3-24-7-6-11-16(22-18(25-2)23-17(11)24)21-15-9-12(15)10-4-5-13(19)14(20)8-10/h4-8,12,15H,3,9H2,1-2H3,(H,21,22,23)/t12-,15-/m0/s1. The molecule has 0 saturated heterocycles. The van der Waals surface area contributed by atoms with Crippen LogP contribution in [0, 0.1) is 11.6 Å². The molecule has 7 heteroatoms. The van der Waals surface area contributed by atoms with Gasteiger partial charge < -0.3 is 9.88 Å². The van der Waals surface area contributed by atoms with Crippen molar-refractivity contribution in [1.82, 2.24) is 14.5 Å². The van der Waals surface area contributed by atoms with E-state index in [-0.39, 0.29) is 12.0 Å². The highest BCUT2D eigenvalue weighted by atomic mass is 32.2. The van der Waals surface area contributed by atoms with Gasteiger partial charge in [0, 0.05) is 24.7 Å². The lowest BCUT2D eigenvalue weighted by atomic mass is 10.1. The number of aromatic nitrogens is 3. The molecule has 1 saturated carbocycles. The molecule has 2 aromatic heterocycles. The van der Waals surface area contributed by atoms with E-state index in [1.807, 2.05) is 18.5 Å². The Labute approximate surface area is 148 Å². The Morgan fingerprint density at radius 1 is 1.24 bits per heavy atom. The molecule has 1 N–H and O–H groups in total. The van der Waals surface area contributed by atoms with E-state index in [4.69, 9.17) is 0 Å². The molecular formula is C18H18F2N4S. The number of hydrogen-bond acceptors (Lipinski definition) is 4. The van der Waals surface area contributed by atoms with Crippen molar-refractivity contribution in [2.75, 3.05) is 11.6 Å². The SMILES string of the molecule is CCn1ccc2c(N[C@H]3C[C@H]3c3ccc(F)c(F)c3)nc(SC)nc21. The molecule has 0 unspecified atom stereocenters. The average Bonchev–Trinajstić information content (AvgIpc) is 3.25. The molecular weight excluding hydrogens is 342 g/mol. The summed E-state index contributed by atoms with van der Waals surface area (Å²) in [6, 6.07) is 6.32. The van der Waals surface area contributed by atoms with Crippen LogP contribution in [0.4, 0.5) is 14.6 Å². The summed E-state index contributed by atoms with van der Waals surface area (Å²) in [5.74, 6) is -0.628. The quantitative estimate of drug-likeness (QED) is 0.540. The summed E-state index contributed by atoms with van der Waals surface area (Å²) in [4.78, 5) is 9.20. The Morgan fingerprint density at radius 2 is 2.08 bits per heavy atom. The fraction of sp³-hybridized carbons (Fsp3) is 0.333. The van der Waals surface area contributed by atoms with E-state index in [1.54, 1.807) is 6.07 Å². The van der Waals surface area contributed by atoms with Crippen LogP contribution >= 0.6 is 11.8 Å². The first kappa shape index (κ1) is 16.3. The molecule has 25 heavy (non-hydrogen) atoms. The van der Waals surface area contributed by atoms with Crippen molar-refractivity contribution >= 4 is 28.6 Å².